The fraction of sp³-hybridized carbons (Fsp3) is 0.400. The van der Waals surface area contributed by atoms with Gasteiger partial charge < -0.3 is 24.4 Å². The van der Waals surface area contributed by atoms with E-state index < -0.39 is 11.2 Å². The van der Waals surface area contributed by atoms with Crippen molar-refractivity contribution in [1.29, 1.82) is 0 Å². The number of rotatable bonds is 8. The molecule has 0 atom stereocenters. The van der Waals surface area contributed by atoms with Crippen LogP contribution in [0.3, 0.4) is 0 Å². The van der Waals surface area contributed by atoms with E-state index >= 15 is 0 Å². The van der Waals surface area contributed by atoms with Gasteiger partial charge in [0.1, 0.15) is 22.6 Å². The zero-order valence-electron chi connectivity index (χ0n) is 30.3. The first-order valence-electron chi connectivity index (χ1n) is 17.1. The summed E-state index contributed by atoms with van der Waals surface area (Å²) in [4.78, 5) is 46.9. The van der Waals surface area contributed by atoms with Crippen LogP contribution < -0.4 is 0 Å². The molecule has 0 fully saturated rings. The molecule has 1 aromatic carbocycles. The summed E-state index contributed by atoms with van der Waals surface area (Å²) < 4.78 is 11.5. The number of nitrogens with one attached hydrogen (secondary N) is 3. The molecule has 0 saturated carbocycles. The summed E-state index contributed by atoms with van der Waals surface area (Å²) in [6, 6.07) is 8.12. The van der Waals surface area contributed by atoms with Crippen LogP contribution in [0, 0.1) is 13.8 Å². The lowest BCUT2D eigenvalue weighted by Crippen LogP contribution is -2.24. The van der Waals surface area contributed by atoms with E-state index in [2.05, 4.69) is 40.9 Å². The Bertz CT molecular complexity index is 2080. The van der Waals surface area contributed by atoms with E-state index in [9.17, 15) is 9.59 Å². The lowest BCUT2D eigenvalue weighted by molar-refractivity contribution is 0.00501. The molecule has 0 radical (unpaired) electrons. The number of carbonyl (C=O) groups is 2. The second kappa shape index (κ2) is 12.5. The van der Waals surface area contributed by atoms with Crippen molar-refractivity contribution in [1.82, 2.24) is 24.9 Å². The topological polar surface area (TPSA) is 126 Å². The van der Waals surface area contributed by atoms with Crippen molar-refractivity contribution < 1.29 is 19.1 Å². The van der Waals surface area contributed by atoms with E-state index in [0.29, 0.717) is 24.2 Å². The number of aromatic amines is 3. The zero-order valence-corrected chi connectivity index (χ0v) is 30.3. The highest BCUT2D eigenvalue weighted by Gasteiger charge is 2.28. The molecule has 5 aromatic heterocycles. The first kappa shape index (κ1) is 34.0. The van der Waals surface area contributed by atoms with Crippen LogP contribution in [0.2, 0.25) is 0 Å². The molecule has 5 heterocycles. The molecule has 0 spiro atoms. The molecule has 49 heavy (non-hydrogen) atoms. The van der Waals surface area contributed by atoms with Gasteiger partial charge in [-0.3, -0.25) is 9.97 Å². The summed E-state index contributed by atoms with van der Waals surface area (Å²) in [7, 11) is 0. The van der Waals surface area contributed by atoms with E-state index in [1.54, 1.807) is 12.4 Å². The number of nitrogens with zero attached hydrogens (tertiary/aromatic N) is 2. The van der Waals surface area contributed by atoms with Crippen LogP contribution in [0.4, 0.5) is 0 Å². The van der Waals surface area contributed by atoms with E-state index in [1.807, 2.05) is 67.5 Å². The normalized spacial score (nSPS) is 12.4. The molecule has 0 aliphatic heterocycles. The fourth-order valence-electron chi connectivity index (χ4n) is 7.13. The summed E-state index contributed by atoms with van der Waals surface area (Å²) in [5.41, 5.74) is 9.41. The minimum atomic E-state index is -0.608. The van der Waals surface area contributed by atoms with E-state index in [4.69, 9.17) is 19.4 Å². The van der Waals surface area contributed by atoms with Crippen LogP contribution in [-0.2, 0) is 35.2 Å². The second-order valence-corrected chi connectivity index (χ2v) is 14.9. The van der Waals surface area contributed by atoms with Crippen molar-refractivity contribution in [2.75, 3.05) is 0 Å². The van der Waals surface area contributed by atoms with Gasteiger partial charge in [0.05, 0.1) is 11.0 Å². The molecule has 6 rings (SSSR count). The first-order valence-corrected chi connectivity index (χ1v) is 17.1. The number of ether oxygens (including phenoxy) is 2. The zero-order chi connectivity index (χ0) is 35.4. The molecule has 9 nitrogen and oxygen atoms in total. The van der Waals surface area contributed by atoms with Crippen molar-refractivity contribution in [2.45, 2.75) is 106 Å². The van der Waals surface area contributed by atoms with Crippen LogP contribution >= 0.6 is 0 Å². The van der Waals surface area contributed by atoms with Gasteiger partial charge >= 0.3 is 11.9 Å². The standard InChI is InChI=1S/C40H47N5O4/c1-11-23-21(3)33(37(46)48-39(5,6)7)44-27(23)19-29-31-25-15-13-17-41-35(25)36-26(16-14-18-42-36)32(31)30(43-29)20-28-24(12-2)22(4)34(45-28)38(47)49-40(8,9)10/h13-18,43-45H,11-12,19-20H2,1-10H3. The van der Waals surface area contributed by atoms with Crippen molar-refractivity contribution in [3.05, 3.63) is 93.1 Å². The third kappa shape index (κ3) is 6.34. The van der Waals surface area contributed by atoms with Gasteiger partial charge in [-0.05, 0) is 103 Å². The highest BCUT2D eigenvalue weighted by atomic mass is 16.6. The van der Waals surface area contributed by atoms with Gasteiger partial charge in [-0.15, -0.1) is 0 Å². The summed E-state index contributed by atoms with van der Waals surface area (Å²) in [5.74, 6) is -0.714. The Morgan fingerprint density at radius 2 is 1.02 bits per heavy atom. The van der Waals surface area contributed by atoms with Crippen molar-refractivity contribution in [2.24, 2.45) is 0 Å². The molecule has 3 N–H and O–H groups in total. The Hall–Kier alpha value is -4.92. The largest absolute Gasteiger partial charge is 0.455 e. The molecule has 256 valence electrons. The minimum Gasteiger partial charge on any atom is -0.455 e. The van der Waals surface area contributed by atoms with Gasteiger partial charge in [-0.2, -0.15) is 0 Å². The molecule has 0 aliphatic rings. The Morgan fingerprint density at radius 1 is 0.633 bits per heavy atom. The summed E-state index contributed by atoms with van der Waals surface area (Å²) in [6.07, 6.45) is 6.20. The summed E-state index contributed by atoms with van der Waals surface area (Å²) in [6.45, 7) is 19.4. The number of fused-ring (bicyclic) bond motifs is 6. The number of hydrogen-bond acceptors (Lipinski definition) is 6. The molecule has 9 heteroatoms. The van der Waals surface area contributed by atoms with Gasteiger partial charge in [0.15, 0.2) is 0 Å². The Labute approximate surface area is 287 Å². The van der Waals surface area contributed by atoms with Crippen LogP contribution in [0.1, 0.15) is 121 Å². The first-order chi connectivity index (χ1) is 23.1. The predicted octanol–water partition coefficient (Wildman–Crippen LogP) is 8.75. The van der Waals surface area contributed by atoms with Crippen molar-refractivity contribution in [3.63, 3.8) is 0 Å². The van der Waals surface area contributed by atoms with Gasteiger partial charge in [0, 0.05) is 69.6 Å². The summed E-state index contributed by atoms with van der Waals surface area (Å²) in [5, 5.41) is 4.14. The predicted molar refractivity (Wildman–Crippen MR) is 195 cm³/mol. The van der Waals surface area contributed by atoms with E-state index in [0.717, 1.165) is 90.4 Å². The van der Waals surface area contributed by atoms with E-state index in [-0.39, 0.29) is 11.9 Å². The number of hydrogen-bond donors (Lipinski definition) is 3. The van der Waals surface area contributed by atoms with Crippen molar-refractivity contribution in [3.8, 4) is 0 Å². The maximum absolute atomic E-state index is 13.3. The third-order valence-electron chi connectivity index (χ3n) is 9.09. The molecule has 0 saturated heterocycles. The number of benzene rings is 1. The summed E-state index contributed by atoms with van der Waals surface area (Å²) >= 11 is 0. The lowest BCUT2D eigenvalue weighted by Gasteiger charge is -2.19. The number of aromatic nitrogens is 5. The molecule has 0 amide bonds. The van der Waals surface area contributed by atoms with Gasteiger partial charge in [0.2, 0.25) is 0 Å². The van der Waals surface area contributed by atoms with Crippen LogP contribution in [0.5, 0.6) is 0 Å². The quantitative estimate of drug-likeness (QED) is 0.111. The monoisotopic (exact) mass is 661 g/mol. The molecule has 6 aromatic rings. The SMILES string of the molecule is CCc1c(Cc2[nH]c(Cc3[nH]c(C(=O)OC(C)(C)C)c(C)c3CC)c3c4cccnc4c4ncccc4c23)[nH]c(C(=O)OC(C)(C)C)c1C. The van der Waals surface area contributed by atoms with Crippen LogP contribution in [-0.4, -0.2) is 48.1 Å². The average molecular weight is 662 g/mol. The Kier molecular flexibility index (Phi) is 8.67. The number of carbonyl (C=O) groups excluding carboxylic acids is 2. The number of pyridine rings is 2. The van der Waals surface area contributed by atoms with Crippen LogP contribution in [0.15, 0.2) is 36.7 Å². The average Bonchev–Trinajstić information content (AvgIpc) is 3.66. The minimum absolute atomic E-state index is 0.357. The highest BCUT2D eigenvalue weighted by Crippen LogP contribution is 2.39. The second-order valence-electron chi connectivity index (χ2n) is 14.9. The fourth-order valence-corrected chi connectivity index (χ4v) is 7.13. The highest BCUT2D eigenvalue weighted by molar-refractivity contribution is 6.24. The third-order valence-corrected chi connectivity index (χ3v) is 9.09. The molecular formula is C40H47N5O4. The van der Waals surface area contributed by atoms with Gasteiger partial charge in [-0.1, -0.05) is 26.0 Å². The number of esters is 2. The van der Waals surface area contributed by atoms with Crippen LogP contribution in [0.25, 0.3) is 32.6 Å². The van der Waals surface area contributed by atoms with Crippen molar-refractivity contribution >= 4 is 44.5 Å². The maximum atomic E-state index is 13.3. The molecule has 0 aliphatic carbocycles. The molecule has 0 bridgehead atoms. The molecular weight excluding hydrogens is 614 g/mol. The van der Waals surface area contributed by atoms with Gasteiger partial charge in [-0.25, -0.2) is 9.59 Å². The Morgan fingerprint density at radius 3 is 1.37 bits per heavy atom. The number of H-pyrrole nitrogens is 3. The van der Waals surface area contributed by atoms with E-state index in [1.165, 1.54) is 0 Å². The Balaban J connectivity index is 1.56. The van der Waals surface area contributed by atoms with Gasteiger partial charge in [0.25, 0.3) is 0 Å². The smallest absolute Gasteiger partial charge is 0.355 e. The lowest BCUT2D eigenvalue weighted by atomic mass is 9.96. The molecule has 0 unspecified atom stereocenters. The maximum Gasteiger partial charge on any atom is 0.355 e.